The highest BCUT2D eigenvalue weighted by Crippen LogP contribution is 2.25. The van der Waals surface area contributed by atoms with E-state index in [9.17, 15) is 9.59 Å². The molecule has 4 rings (SSSR count). The zero-order valence-corrected chi connectivity index (χ0v) is 18.9. The fourth-order valence-electron chi connectivity index (χ4n) is 3.56. The van der Waals surface area contributed by atoms with E-state index in [1.807, 2.05) is 29.3 Å². The van der Waals surface area contributed by atoms with E-state index in [2.05, 4.69) is 20.4 Å². The molecule has 168 valence electrons. The van der Waals surface area contributed by atoms with Crippen molar-refractivity contribution in [1.29, 1.82) is 0 Å². The van der Waals surface area contributed by atoms with Crippen LogP contribution in [0.5, 0.6) is 0 Å². The maximum absolute atomic E-state index is 12.8. The van der Waals surface area contributed by atoms with E-state index in [1.165, 1.54) is 11.3 Å². The number of carbonyl (C=O) groups is 2. The topological polar surface area (TPSA) is 110 Å². The molecule has 1 saturated heterocycles. The number of nitrogens with zero attached hydrogens (tertiary/aromatic N) is 4. The molecule has 0 aliphatic carbocycles. The second kappa shape index (κ2) is 9.90. The molecule has 1 fully saturated rings. The second-order valence-electron chi connectivity index (χ2n) is 7.59. The van der Waals surface area contributed by atoms with Crippen molar-refractivity contribution in [2.75, 3.05) is 24.6 Å². The number of hydrogen-bond acceptors (Lipinski definition) is 9. The number of hydrogen-bond donors (Lipinski definition) is 1. The molecule has 0 saturated carbocycles. The van der Waals surface area contributed by atoms with Crippen molar-refractivity contribution in [3.05, 3.63) is 46.2 Å². The molecule has 1 atom stereocenters. The van der Waals surface area contributed by atoms with E-state index in [4.69, 9.17) is 9.26 Å². The Morgan fingerprint density at radius 2 is 2.25 bits per heavy atom. The van der Waals surface area contributed by atoms with Crippen LogP contribution in [0.3, 0.4) is 0 Å². The number of ether oxygens (including phenoxy) is 1. The Labute approximate surface area is 189 Å². The van der Waals surface area contributed by atoms with Gasteiger partial charge in [0.2, 0.25) is 11.8 Å². The molecule has 0 radical (unpaired) electrons. The average molecular weight is 456 g/mol. The first-order valence-electron chi connectivity index (χ1n) is 10.6. The monoisotopic (exact) mass is 455 g/mol. The highest BCUT2D eigenvalue weighted by atomic mass is 32.1. The van der Waals surface area contributed by atoms with Gasteiger partial charge in [-0.25, -0.2) is 9.78 Å². The van der Waals surface area contributed by atoms with Gasteiger partial charge < -0.3 is 19.5 Å². The highest BCUT2D eigenvalue weighted by molar-refractivity contribution is 7.09. The molecule has 10 heteroatoms. The third-order valence-electron chi connectivity index (χ3n) is 5.26. The van der Waals surface area contributed by atoms with Crippen LogP contribution in [0.4, 0.5) is 5.88 Å². The number of nitrogens with one attached hydrogen (secondary N) is 1. The largest absolute Gasteiger partial charge is 0.461 e. The molecule has 1 aliphatic rings. The Hall–Kier alpha value is -3.27. The minimum Gasteiger partial charge on any atom is -0.461 e. The van der Waals surface area contributed by atoms with Gasteiger partial charge in [-0.3, -0.25) is 9.78 Å². The maximum Gasteiger partial charge on any atom is 0.360 e. The van der Waals surface area contributed by atoms with Crippen molar-refractivity contribution >= 4 is 29.1 Å². The van der Waals surface area contributed by atoms with Crippen LogP contribution in [0.1, 0.15) is 41.0 Å². The lowest BCUT2D eigenvalue weighted by Crippen LogP contribution is -2.42. The molecule has 0 unspecified atom stereocenters. The minimum absolute atomic E-state index is 0.0198. The second-order valence-corrected chi connectivity index (χ2v) is 8.53. The highest BCUT2D eigenvalue weighted by Gasteiger charge is 2.28. The number of carbonyl (C=O) groups excluding carboxylic acids is 2. The number of thiazole rings is 1. The lowest BCUT2D eigenvalue weighted by Gasteiger charge is -2.31. The first-order valence-corrected chi connectivity index (χ1v) is 11.5. The molecular formula is C22H25N5O4S. The van der Waals surface area contributed by atoms with Crippen LogP contribution >= 0.6 is 11.3 Å². The molecule has 1 N–H and O–H groups in total. The summed E-state index contributed by atoms with van der Waals surface area (Å²) in [4.78, 5) is 35.4. The summed E-state index contributed by atoms with van der Waals surface area (Å²) in [5.41, 5.74) is 2.91. The number of pyridine rings is 1. The fraction of sp³-hybridized carbons (Fsp3) is 0.409. The van der Waals surface area contributed by atoms with Gasteiger partial charge in [-0.1, -0.05) is 5.16 Å². The fourth-order valence-corrected chi connectivity index (χ4v) is 4.30. The zero-order chi connectivity index (χ0) is 22.5. The molecule has 32 heavy (non-hydrogen) atoms. The van der Waals surface area contributed by atoms with Gasteiger partial charge in [-0.05, 0) is 38.8 Å². The number of piperidine rings is 1. The van der Waals surface area contributed by atoms with E-state index >= 15 is 0 Å². The molecule has 4 heterocycles. The summed E-state index contributed by atoms with van der Waals surface area (Å²) < 4.78 is 10.3. The van der Waals surface area contributed by atoms with Crippen molar-refractivity contribution in [3.8, 4) is 11.3 Å². The summed E-state index contributed by atoms with van der Waals surface area (Å²) in [5, 5.41) is 9.60. The Bertz CT molecular complexity index is 1080. The summed E-state index contributed by atoms with van der Waals surface area (Å²) in [6, 6.07) is 5.51. The SMILES string of the molecule is CCOC(=O)c1cc(N2CCC[C@H](C(=O)NCc3nc(-c4ccc(C)nc4)cs3)C2)on1. The maximum atomic E-state index is 12.8. The summed E-state index contributed by atoms with van der Waals surface area (Å²) in [5.74, 6) is -0.242. The van der Waals surface area contributed by atoms with Crippen molar-refractivity contribution in [2.45, 2.75) is 33.2 Å². The van der Waals surface area contributed by atoms with E-state index in [0.717, 1.165) is 41.3 Å². The summed E-state index contributed by atoms with van der Waals surface area (Å²) in [6.07, 6.45) is 3.44. The molecule has 1 amide bonds. The molecule has 1 aliphatic heterocycles. The van der Waals surface area contributed by atoms with Gasteiger partial charge in [0.15, 0.2) is 5.69 Å². The van der Waals surface area contributed by atoms with Gasteiger partial charge in [0.25, 0.3) is 0 Å². The molecule has 0 spiro atoms. The number of amides is 1. The normalized spacial score (nSPS) is 16.1. The zero-order valence-electron chi connectivity index (χ0n) is 18.0. The van der Waals surface area contributed by atoms with Crippen LogP contribution in [-0.4, -0.2) is 46.7 Å². The van der Waals surface area contributed by atoms with Crippen LogP contribution in [0.2, 0.25) is 0 Å². The number of esters is 1. The minimum atomic E-state index is -0.516. The van der Waals surface area contributed by atoms with Crippen molar-refractivity contribution in [1.82, 2.24) is 20.4 Å². The predicted molar refractivity (Wildman–Crippen MR) is 119 cm³/mol. The first-order chi connectivity index (χ1) is 15.5. The van der Waals surface area contributed by atoms with E-state index in [1.54, 1.807) is 19.2 Å². The summed E-state index contributed by atoms with van der Waals surface area (Å²) in [6.45, 7) is 5.58. The Morgan fingerprint density at radius 1 is 1.38 bits per heavy atom. The Morgan fingerprint density at radius 3 is 3.03 bits per heavy atom. The molecule has 0 aromatic carbocycles. The van der Waals surface area contributed by atoms with Gasteiger partial charge >= 0.3 is 5.97 Å². The smallest absolute Gasteiger partial charge is 0.360 e. The van der Waals surface area contributed by atoms with Crippen LogP contribution in [-0.2, 0) is 16.1 Å². The number of aromatic nitrogens is 3. The van der Waals surface area contributed by atoms with Gasteiger partial charge in [0.05, 0.1) is 24.8 Å². The third-order valence-corrected chi connectivity index (χ3v) is 6.11. The van der Waals surface area contributed by atoms with E-state index < -0.39 is 5.97 Å². The standard InChI is InChI=1S/C22H25N5O4S/c1-3-30-22(29)17-9-20(31-26-17)27-8-4-5-16(12-27)21(28)24-11-19-25-18(13-32-19)15-7-6-14(2)23-10-15/h6-7,9-10,13,16H,3-5,8,11-12H2,1-2H3,(H,24,28)/t16-/m0/s1. The van der Waals surface area contributed by atoms with Crippen LogP contribution in [0.15, 0.2) is 34.3 Å². The van der Waals surface area contributed by atoms with Crippen molar-refractivity contribution < 1.29 is 18.8 Å². The average Bonchev–Trinajstić information content (AvgIpc) is 3.48. The van der Waals surface area contributed by atoms with Gasteiger partial charge in [0, 0.05) is 42.0 Å². The van der Waals surface area contributed by atoms with E-state index in [-0.39, 0.29) is 24.1 Å². The van der Waals surface area contributed by atoms with Crippen molar-refractivity contribution in [3.63, 3.8) is 0 Å². The lowest BCUT2D eigenvalue weighted by atomic mass is 9.97. The summed E-state index contributed by atoms with van der Waals surface area (Å²) >= 11 is 1.51. The van der Waals surface area contributed by atoms with Gasteiger partial charge in [-0.15, -0.1) is 11.3 Å². The molecular weight excluding hydrogens is 430 g/mol. The van der Waals surface area contributed by atoms with Crippen LogP contribution < -0.4 is 10.2 Å². The number of anilines is 1. The Balaban J connectivity index is 1.32. The first kappa shape index (κ1) is 21.9. The molecule has 3 aromatic rings. The van der Waals surface area contributed by atoms with Crippen LogP contribution in [0, 0.1) is 12.8 Å². The number of aryl methyl sites for hydroxylation is 1. The molecule has 9 nitrogen and oxygen atoms in total. The van der Waals surface area contributed by atoms with Crippen LogP contribution in [0.25, 0.3) is 11.3 Å². The summed E-state index contributed by atoms with van der Waals surface area (Å²) in [7, 11) is 0. The Kier molecular flexibility index (Phi) is 6.79. The third kappa shape index (κ3) is 5.13. The van der Waals surface area contributed by atoms with E-state index in [0.29, 0.717) is 19.0 Å². The molecule has 0 bridgehead atoms. The van der Waals surface area contributed by atoms with Gasteiger partial charge in [-0.2, -0.15) is 0 Å². The predicted octanol–water partition coefficient (Wildman–Crippen LogP) is 3.21. The lowest BCUT2D eigenvalue weighted by molar-refractivity contribution is -0.125. The number of rotatable bonds is 7. The van der Waals surface area contributed by atoms with Gasteiger partial charge in [0.1, 0.15) is 5.01 Å². The molecule has 3 aromatic heterocycles. The quantitative estimate of drug-likeness (QED) is 0.541. The van der Waals surface area contributed by atoms with Crippen molar-refractivity contribution in [2.24, 2.45) is 5.92 Å².